The molecule has 0 atom stereocenters. The number of hydrogen-bond acceptors (Lipinski definition) is 4. The first-order valence-corrected chi connectivity index (χ1v) is 6.09. The van der Waals surface area contributed by atoms with Gasteiger partial charge in [0.1, 0.15) is 11.4 Å². The number of anilines is 2. The number of benzene rings is 1. The molecule has 20 heavy (non-hydrogen) atoms. The van der Waals surface area contributed by atoms with E-state index in [2.05, 4.69) is 15.4 Å². The van der Waals surface area contributed by atoms with Gasteiger partial charge in [0.05, 0.1) is 17.4 Å². The minimum Gasteiger partial charge on any atom is -0.383 e. The van der Waals surface area contributed by atoms with Crippen LogP contribution in [0.15, 0.2) is 42.7 Å². The SMILES string of the molecule is Cn1ncc(C(=O)Nc2cccc3ncccc23)c1N. The van der Waals surface area contributed by atoms with Crippen molar-refractivity contribution in [2.45, 2.75) is 0 Å². The van der Waals surface area contributed by atoms with Crippen molar-refractivity contribution in [2.75, 3.05) is 11.1 Å². The highest BCUT2D eigenvalue weighted by atomic mass is 16.1. The Balaban J connectivity index is 1.97. The van der Waals surface area contributed by atoms with Crippen molar-refractivity contribution in [2.24, 2.45) is 7.05 Å². The number of hydrogen-bond donors (Lipinski definition) is 2. The molecule has 2 heterocycles. The van der Waals surface area contributed by atoms with Gasteiger partial charge in [-0.2, -0.15) is 5.10 Å². The van der Waals surface area contributed by atoms with Gasteiger partial charge in [-0.05, 0) is 24.3 Å². The number of rotatable bonds is 2. The summed E-state index contributed by atoms with van der Waals surface area (Å²) < 4.78 is 1.46. The third kappa shape index (κ3) is 1.97. The number of aryl methyl sites for hydroxylation is 1. The van der Waals surface area contributed by atoms with Crippen LogP contribution in [0.1, 0.15) is 10.4 Å². The second-order valence-electron chi connectivity index (χ2n) is 4.40. The molecule has 0 fully saturated rings. The molecule has 3 aromatic rings. The van der Waals surface area contributed by atoms with Gasteiger partial charge in [-0.25, -0.2) is 0 Å². The van der Waals surface area contributed by atoms with Gasteiger partial charge in [0.2, 0.25) is 0 Å². The summed E-state index contributed by atoms with van der Waals surface area (Å²) in [6.07, 6.45) is 3.17. The zero-order chi connectivity index (χ0) is 14.1. The number of carbonyl (C=O) groups excluding carboxylic acids is 1. The molecule has 6 heteroatoms. The summed E-state index contributed by atoms with van der Waals surface area (Å²) in [6.45, 7) is 0. The molecule has 0 spiro atoms. The quantitative estimate of drug-likeness (QED) is 0.741. The van der Waals surface area contributed by atoms with Gasteiger partial charge in [0.15, 0.2) is 0 Å². The predicted octanol–water partition coefficient (Wildman–Crippen LogP) is 1.80. The number of carbonyl (C=O) groups is 1. The molecule has 0 aliphatic carbocycles. The van der Waals surface area contributed by atoms with Crippen molar-refractivity contribution >= 4 is 28.3 Å². The molecule has 0 aliphatic rings. The van der Waals surface area contributed by atoms with E-state index >= 15 is 0 Å². The minimum atomic E-state index is -0.285. The van der Waals surface area contributed by atoms with Crippen LogP contribution in [-0.2, 0) is 7.05 Å². The molecule has 3 rings (SSSR count). The zero-order valence-electron chi connectivity index (χ0n) is 10.9. The molecule has 3 N–H and O–H groups in total. The number of aromatic nitrogens is 3. The van der Waals surface area contributed by atoms with E-state index in [0.717, 1.165) is 10.9 Å². The summed E-state index contributed by atoms with van der Waals surface area (Å²) in [5, 5.41) is 7.68. The van der Waals surface area contributed by atoms with Gasteiger partial charge in [-0.1, -0.05) is 6.07 Å². The van der Waals surface area contributed by atoms with Crippen molar-refractivity contribution in [3.8, 4) is 0 Å². The molecule has 100 valence electrons. The van der Waals surface area contributed by atoms with Crippen LogP contribution < -0.4 is 11.1 Å². The third-order valence-corrected chi connectivity index (χ3v) is 3.12. The Morgan fingerprint density at radius 2 is 2.15 bits per heavy atom. The van der Waals surface area contributed by atoms with Crippen molar-refractivity contribution in [1.82, 2.24) is 14.8 Å². The summed E-state index contributed by atoms with van der Waals surface area (Å²) in [5.41, 5.74) is 7.67. The highest BCUT2D eigenvalue weighted by Crippen LogP contribution is 2.22. The Kier molecular flexibility index (Phi) is 2.83. The Bertz CT molecular complexity index is 788. The van der Waals surface area contributed by atoms with Gasteiger partial charge in [0, 0.05) is 18.6 Å². The first kappa shape index (κ1) is 12.2. The highest BCUT2D eigenvalue weighted by molar-refractivity contribution is 6.10. The Hall–Kier alpha value is -2.89. The number of nitrogens with one attached hydrogen (secondary N) is 1. The zero-order valence-corrected chi connectivity index (χ0v) is 10.9. The maximum Gasteiger partial charge on any atom is 0.261 e. The average molecular weight is 267 g/mol. The molecular weight excluding hydrogens is 254 g/mol. The van der Waals surface area contributed by atoms with Gasteiger partial charge < -0.3 is 11.1 Å². The second-order valence-corrected chi connectivity index (χ2v) is 4.40. The van der Waals surface area contributed by atoms with Crippen molar-refractivity contribution < 1.29 is 4.79 Å². The summed E-state index contributed by atoms with van der Waals surface area (Å²) in [4.78, 5) is 16.5. The molecule has 1 amide bonds. The number of nitrogens with two attached hydrogens (primary N) is 1. The second kappa shape index (κ2) is 4.65. The van der Waals surface area contributed by atoms with E-state index in [1.807, 2.05) is 30.3 Å². The first-order valence-electron chi connectivity index (χ1n) is 6.09. The largest absolute Gasteiger partial charge is 0.383 e. The van der Waals surface area contributed by atoms with E-state index in [-0.39, 0.29) is 5.91 Å². The average Bonchev–Trinajstić information content (AvgIpc) is 2.79. The summed E-state index contributed by atoms with van der Waals surface area (Å²) >= 11 is 0. The minimum absolute atomic E-state index is 0.285. The Labute approximate surface area is 115 Å². The summed E-state index contributed by atoms with van der Waals surface area (Å²) in [6, 6.07) is 9.30. The molecule has 0 bridgehead atoms. The summed E-state index contributed by atoms with van der Waals surface area (Å²) in [5.74, 6) is 0.0489. The smallest absolute Gasteiger partial charge is 0.261 e. The van der Waals surface area contributed by atoms with Crippen LogP contribution in [0.5, 0.6) is 0 Å². The van der Waals surface area contributed by atoms with E-state index < -0.39 is 0 Å². The van der Waals surface area contributed by atoms with Gasteiger partial charge in [-0.15, -0.1) is 0 Å². The number of nitrogens with zero attached hydrogens (tertiary/aromatic N) is 3. The Morgan fingerprint density at radius 1 is 1.30 bits per heavy atom. The van der Waals surface area contributed by atoms with E-state index in [1.54, 1.807) is 13.2 Å². The molecular formula is C14H13N5O. The molecule has 2 aromatic heterocycles. The first-order chi connectivity index (χ1) is 9.66. The lowest BCUT2D eigenvalue weighted by Gasteiger charge is -2.07. The van der Waals surface area contributed by atoms with Crippen LogP contribution in [0.3, 0.4) is 0 Å². The van der Waals surface area contributed by atoms with Crippen LogP contribution in [0.4, 0.5) is 11.5 Å². The van der Waals surface area contributed by atoms with E-state index in [0.29, 0.717) is 17.1 Å². The standard InChI is InChI=1S/C14H13N5O/c1-19-13(15)10(8-17-19)14(20)18-12-6-2-5-11-9(12)4-3-7-16-11/h2-8H,15H2,1H3,(H,18,20). The molecule has 0 radical (unpaired) electrons. The van der Waals surface area contributed by atoms with E-state index in [9.17, 15) is 4.79 Å². The molecule has 1 aromatic carbocycles. The van der Waals surface area contributed by atoms with Gasteiger partial charge in [-0.3, -0.25) is 14.5 Å². The summed E-state index contributed by atoms with van der Waals surface area (Å²) in [7, 11) is 1.69. The molecule has 0 saturated carbocycles. The lowest BCUT2D eigenvalue weighted by molar-refractivity contribution is 0.102. The molecule has 0 aliphatic heterocycles. The maximum absolute atomic E-state index is 12.2. The van der Waals surface area contributed by atoms with Crippen LogP contribution in [0, 0.1) is 0 Å². The topological polar surface area (TPSA) is 85.8 Å². The Morgan fingerprint density at radius 3 is 2.90 bits per heavy atom. The number of pyridine rings is 1. The number of amides is 1. The lowest BCUT2D eigenvalue weighted by atomic mass is 10.1. The van der Waals surface area contributed by atoms with Crippen LogP contribution in [-0.4, -0.2) is 20.7 Å². The monoisotopic (exact) mass is 267 g/mol. The van der Waals surface area contributed by atoms with Crippen molar-refractivity contribution in [1.29, 1.82) is 0 Å². The maximum atomic E-state index is 12.2. The van der Waals surface area contributed by atoms with Gasteiger partial charge in [0.25, 0.3) is 5.91 Å². The lowest BCUT2D eigenvalue weighted by Crippen LogP contribution is -2.14. The number of nitrogen functional groups attached to an aromatic ring is 1. The number of fused-ring (bicyclic) bond motifs is 1. The third-order valence-electron chi connectivity index (χ3n) is 3.12. The van der Waals surface area contributed by atoms with Crippen molar-refractivity contribution in [3.63, 3.8) is 0 Å². The molecule has 0 unspecified atom stereocenters. The van der Waals surface area contributed by atoms with E-state index in [4.69, 9.17) is 5.73 Å². The molecule has 0 saturated heterocycles. The predicted molar refractivity (Wildman–Crippen MR) is 77.3 cm³/mol. The van der Waals surface area contributed by atoms with Crippen LogP contribution in [0.2, 0.25) is 0 Å². The van der Waals surface area contributed by atoms with Gasteiger partial charge >= 0.3 is 0 Å². The van der Waals surface area contributed by atoms with Crippen LogP contribution in [0.25, 0.3) is 10.9 Å². The normalized spacial score (nSPS) is 10.7. The van der Waals surface area contributed by atoms with E-state index in [1.165, 1.54) is 10.9 Å². The fourth-order valence-electron chi connectivity index (χ4n) is 2.02. The van der Waals surface area contributed by atoms with Crippen LogP contribution >= 0.6 is 0 Å². The fourth-order valence-corrected chi connectivity index (χ4v) is 2.02. The molecule has 6 nitrogen and oxygen atoms in total. The van der Waals surface area contributed by atoms with Crippen molar-refractivity contribution in [3.05, 3.63) is 48.3 Å². The highest BCUT2D eigenvalue weighted by Gasteiger charge is 2.14. The fraction of sp³-hybridized carbons (Fsp3) is 0.0714.